The molecule has 2 nitrogen and oxygen atoms in total. The zero-order chi connectivity index (χ0) is 16.2. The van der Waals surface area contributed by atoms with Crippen molar-refractivity contribution >= 4 is 23.8 Å². The molecule has 0 aromatic heterocycles. The minimum atomic E-state index is -0.698. The minimum Gasteiger partial charge on any atom is -0.357 e. The number of hydrogen-bond donors (Lipinski definition) is 0. The Morgan fingerprint density at radius 2 is 1.32 bits per heavy atom. The van der Waals surface area contributed by atoms with Crippen molar-refractivity contribution in [2.45, 2.75) is 6.29 Å². The number of rotatable bonds is 4. The van der Waals surface area contributed by atoms with Gasteiger partial charge in [-0.25, -0.2) is 0 Å². The van der Waals surface area contributed by atoms with Gasteiger partial charge < -0.3 is 9.47 Å². The molecule has 0 N–H and O–H groups in total. The van der Waals surface area contributed by atoms with Crippen LogP contribution in [0.3, 0.4) is 0 Å². The molecule has 3 aromatic rings. The quantitative estimate of drug-likeness (QED) is 0.501. The topological polar surface area (TPSA) is 18.5 Å². The summed E-state index contributed by atoms with van der Waals surface area (Å²) >= 11 is 0. The molecular formula is C21H18CoO2P-. The molecule has 0 atom stereocenters. The van der Waals surface area contributed by atoms with Crippen LogP contribution in [0.25, 0.3) is 0 Å². The van der Waals surface area contributed by atoms with Gasteiger partial charge in [-0.3, -0.25) is 0 Å². The van der Waals surface area contributed by atoms with Crippen molar-refractivity contribution < 1.29 is 26.3 Å². The van der Waals surface area contributed by atoms with E-state index in [9.17, 15) is 0 Å². The summed E-state index contributed by atoms with van der Waals surface area (Å²) in [6, 6.07) is 30.8. The molecule has 4 heteroatoms. The van der Waals surface area contributed by atoms with Crippen molar-refractivity contribution in [1.82, 2.24) is 0 Å². The van der Waals surface area contributed by atoms with Gasteiger partial charge in [0.05, 0.1) is 13.2 Å². The van der Waals surface area contributed by atoms with Crippen molar-refractivity contribution in [3.8, 4) is 0 Å². The molecule has 0 spiro atoms. The maximum Gasteiger partial charge on any atom is 0.138 e. The van der Waals surface area contributed by atoms with Crippen LogP contribution in [-0.2, 0) is 26.3 Å². The molecule has 0 bridgehead atoms. The molecule has 3 aromatic carbocycles. The predicted molar refractivity (Wildman–Crippen MR) is 98.6 cm³/mol. The van der Waals surface area contributed by atoms with Crippen molar-refractivity contribution in [3.05, 3.63) is 90.5 Å². The summed E-state index contributed by atoms with van der Waals surface area (Å²) in [6.07, 6.45) is -0.283. The van der Waals surface area contributed by atoms with E-state index in [0.717, 1.165) is 5.56 Å². The second-order valence-electron chi connectivity index (χ2n) is 5.55. The summed E-state index contributed by atoms with van der Waals surface area (Å²) in [4.78, 5) is 0. The van der Waals surface area contributed by atoms with Gasteiger partial charge in [0.2, 0.25) is 0 Å². The van der Waals surface area contributed by atoms with Gasteiger partial charge in [0.15, 0.2) is 0 Å². The third kappa shape index (κ3) is 4.03. The first-order valence-electron chi connectivity index (χ1n) is 8.07. The molecule has 129 valence electrons. The molecule has 1 heterocycles. The first-order valence-corrected chi connectivity index (χ1v) is 9.42. The number of ether oxygens (including phenoxy) is 2. The third-order valence-corrected chi connectivity index (χ3v) is 6.46. The normalized spacial score (nSPS) is 14.4. The maximum atomic E-state index is 5.77. The first kappa shape index (κ1) is 18.3. The molecule has 1 saturated heterocycles. The van der Waals surface area contributed by atoms with Crippen LogP contribution in [-0.4, -0.2) is 13.2 Å². The molecule has 1 aliphatic rings. The average molecular weight is 392 g/mol. The molecule has 0 amide bonds. The predicted octanol–water partition coefficient (Wildman–Crippen LogP) is 3.29. The van der Waals surface area contributed by atoms with Crippen molar-refractivity contribution in [3.63, 3.8) is 0 Å². The SMILES string of the molecule is [Co].[c-]1cccc(C2OCCO2)c1P(c1ccccc1)c1ccccc1. The average Bonchev–Trinajstić information content (AvgIpc) is 3.19. The van der Waals surface area contributed by atoms with Crippen LogP contribution in [0.1, 0.15) is 11.9 Å². The summed E-state index contributed by atoms with van der Waals surface area (Å²) in [6.45, 7) is 1.29. The zero-order valence-corrected chi connectivity index (χ0v) is 15.5. The van der Waals surface area contributed by atoms with Crippen LogP contribution in [0.15, 0.2) is 78.9 Å². The van der Waals surface area contributed by atoms with Gasteiger partial charge in [-0.15, -0.1) is 5.30 Å². The molecule has 0 unspecified atom stereocenters. The molecule has 0 saturated carbocycles. The first-order chi connectivity index (χ1) is 11.9. The largest absolute Gasteiger partial charge is 0.357 e. The van der Waals surface area contributed by atoms with E-state index in [4.69, 9.17) is 9.47 Å². The van der Waals surface area contributed by atoms with E-state index in [-0.39, 0.29) is 23.1 Å². The third-order valence-electron chi connectivity index (χ3n) is 3.99. The van der Waals surface area contributed by atoms with E-state index in [2.05, 4.69) is 72.8 Å². The van der Waals surface area contributed by atoms with Gasteiger partial charge in [0.25, 0.3) is 0 Å². The Balaban J connectivity index is 0.00000182. The van der Waals surface area contributed by atoms with Crippen LogP contribution >= 0.6 is 7.92 Å². The van der Waals surface area contributed by atoms with Gasteiger partial charge in [-0.1, -0.05) is 66.2 Å². The van der Waals surface area contributed by atoms with Gasteiger partial charge >= 0.3 is 0 Å². The Morgan fingerprint density at radius 1 is 0.760 bits per heavy atom. The Hall–Kier alpha value is -1.48. The fourth-order valence-electron chi connectivity index (χ4n) is 2.92. The van der Waals surface area contributed by atoms with Crippen molar-refractivity contribution in [2.75, 3.05) is 13.2 Å². The van der Waals surface area contributed by atoms with E-state index in [1.54, 1.807) is 0 Å². The van der Waals surface area contributed by atoms with E-state index in [1.807, 2.05) is 12.1 Å². The van der Waals surface area contributed by atoms with E-state index >= 15 is 0 Å². The van der Waals surface area contributed by atoms with E-state index in [1.165, 1.54) is 15.9 Å². The van der Waals surface area contributed by atoms with Gasteiger partial charge in [-0.2, -0.15) is 24.3 Å². The van der Waals surface area contributed by atoms with Gasteiger partial charge in [-0.05, 0) is 18.5 Å². The standard InChI is InChI=1S/C21H18O2P.Co/c1-3-9-17(10-4-1)24(18-11-5-2-6-12-18)20-14-8-7-13-19(20)21-22-15-16-23-21;/h1-13,21H,15-16H2;/q-1;. The van der Waals surface area contributed by atoms with Crippen LogP contribution in [0.5, 0.6) is 0 Å². The Labute approximate surface area is 160 Å². The maximum absolute atomic E-state index is 5.77. The molecule has 25 heavy (non-hydrogen) atoms. The second kappa shape index (κ2) is 8.75. The smallest absolute Gasteiger partial charge is 0.138 e. The Kier molecular flexibility index (Phi) is 6.41. The molecule has 0 aliphatic carbocycles. The van der Waals surface area contributed by atoms with Crippen LogP contribution in [0, 0.1) is 6.07 Å². The fraction of sp³-hybridized carbons (Fsp3) is 0.143. The summed E-state index contributed by atoms with van der Waals surface area (Å²) in [7, 11) is -0.698. The van der Waals surface area contributed by atoms with Crippen molar-refractivity contribution in [2.24, 2.45) is 0 Å². The van der Waals surface area contributed by atoms with E-state index in [0.29, 0.717) is 13.2 Å². The van der Waals surface area contributed by atoms with Crippen molar-refractivity contribution in [1.29, 1.82) is 0 Å². The summed E-state index contributed by atoms with van der Waals surface area (Å²) < 4.78 is 11.5. The zero-order valence-electron chi connectivity index (χ0n) is 13.6. The number of hydrogen-bond acceptors (Lipinski definition) is 2. The van der Waals surface area contributed by atoms with Crippen LogP contribution in [0.4, 0.5) is 0 Å². The van der Waals surface area contributed by atoms with Crippen LogP contribution in [0.2, 0.25) is 0 Å². The molecule has 4 rings (SSSR count). The molecule has 1 radical (unpaired) electrons. The molecule has 1 aliphatic heterocycles. The minimum absolute atomic E-state index is 0. The molecule has 1 fully saturated rings. The number of benzene rings is 3. The summed E-state index contributed by atoms with van der Waals surface area (Å²) in [5.41, 5.74) is 1.09. The second-order valence-corrected chi connectivity index (χ2v) is 7.70. The summed E-state index contributed by atoms with van der Waals surface area (Å²) in [5, 5.41) is 3.79. The Morgan fingerprint density at radius 3 is 1.88 bits per heavy atom. The summed E-state index contributed by atoms with van der Waals surface area (Å²) in [5.74, 6) is 0. The Bertz CT molecular complexity index is 750. The van der Waals surface area contributed by atoms with E-state index < -0.39 is 7.92 Å². The fourth-order valence-corrected chi connectivity index (χ4v) is 5.32. The van der Waals surface area contributed by atoms with Crippen LogP contribution < -0.4 is 15.9 Å². The van der Waals surface area contributed by atoms with Gasteiger partial charge in [0, 0.05) is 16.8 Å². The monoisotopic (exact) mass is 392 g/mol. The molecular weight excluding hydrogens is 374 g/mol. The van der Waals surface area contributed by atoms with Gasteiger partial charge in [0.1, 0.15) is 6.29 Å².